The van der Waals surface area contributed by atoms with E-state index >= 15 is 0 Å². The van der Waals surface area contributed by atoms with Gasteiger partial charge in [0.2, 0.25) is 11.8 Å². The fourth-order valence-corrected chi connectivity index (χ4v) is 8.10. The SMILES string of the molecule is CC(C)(C)[C@H](NC(=O)c1cc2cc(C(F)(F)P(=O)(O)O)ccc2s1)C(=O)N1C[C@H](Oc2ccccc2)C[C@H]1C(=O)Nc1ncc(-c2ccccc2)s1. The van der Waals surface area contributed by atoms with Gasteiger partial charge in [0.1, 0.15) is 23.9 Å². The topological polar surface area (TPSA) is 158 Å². The molecule has 2 aromatic heterocycles. The van der Waals surface area contributed by atoms with E-state index < -0.39 is 60.1 Å². The number of hydrogen-bond donors (Lipinski definition) is 4. The number of nitrogens with zero attached hydrogens (tertiary/aromatic N) is 2. The highest BCUT2D eigenvalue weighted by Gasteiger charge is 2.50. The number of rotatable bonds is 10. The molecule has 4 N–H and O–H groups in total. The molecule has 5 aromatic rings. The van der Waals surface area contributed by atoms with Crippen molar-refractivity contribution in [2.45, 2.75) is 51.0 Å². The van der Waals surface area contributed by atoms with Crippen LogP contribution in [0.25, 0.3) is 20.5 Å². The Morgan fingerprint density at radius 1 is 0.981 bits per heavy atom. The van der Waals surface area contributed by atoms with Crippen LogP contribution in [0.2, 0.25) is 0 Å². The number of amides is 3. The molecule has 11 nitrogen and oxygen atoms in total. The van der Waals surface area contributed by atoms with Crippen LogP contribution in [0, 0.1) is 5.41 Å². The number of aromatic nitrogens is 1. The summed E-state index contributed by atoms with van der Waals surface area (Å²) >= 11 is 2.27. The molecule has 0 spiro atoms. The highest BCUT2D eigenvalue weighted by molar-refractivity contribution is 7.52. The average Bonchev–Trinajstić information content (AvgIpc) is 3.85. The molecule has 0 aliphatic carbocycles. The van der Waals surface area contributed by atoms with Crippen LogP contribution < -0.4 is 15.4 Å². The smallest absolute Gasteiger partial charge is 0.399 e. The van der Waals surface area contributed by atoms with Gasteiger partial charge in [0.05, 0.1) is 16.3 Å². The number of likely N-dealkylation sites (tertiary alicyclic amines) is 1. The number of fused-ring (bicyclic) bond motifs is 1. The number of halogens is 2. The van der Waals surface area contributed by atoms with Crippen LogP contribution in [-0.2, 0) is 19.8 Å². The lowest BCUT2D eigenvalue weighted by Crippen LogP contribution is -2.57. The third kappa shape index (κ3) is 7.93. The zero-order valence-corrected chi connectivity index (χ0v) is 30.7. The average molecular weight is 769 g/mol. The van der Waals surface area contributed by atoms with E-state index in [1.165, 1.54) is 28.4 Å². The molecule has 0 bridgehead atoms. The maximum absolute atomic E-state index is 14.4. The first-order valence-electron chi connectivity index (χ1n) is 16.1. The fourth-order valence-electron chi connectivity index (χ4n) is 5.85. The number of thiophene rings is 1. The Morgan fingerprint density at radius 3 is 2.31 bits per heavy atom. The van der Waals surface area contributed by atoms with Gasteiger partial charge in [-0.15, -0.1) is 11.3 Å². The number of anilines is 1. The van der Waals surface area contributed by atoms with E-state index in [1.807, 2.05) is 48.5 Å². The summed E-state index contributed by atoms with van der Waals surface area (Å²) in [4.78, 5) is 67.0. The van der Waals surface area contributed by atoms with Crippen LogP contribution >= 0.6 is 30.3 Å². The molecule has 16 heteroatoms. The lowest BCUT2D eigenvalue weighted by Gasteiger charge is -2.35. The minimum Gasteiger partial charge on any atom is -0.488 e. The van der Waals surface area contributed by atoms with Gasteiger partial charge in [0.15, 0.2) is 5.13 Å². The molecular formula is C36H35F2N4O7PS2. The predicted octanol–water partition coefficient (Wildman–Crippen LogP) is 7.08. The van der Waals surface area contributed by atoms with Crippen molar-refractivity contribution in [2.24, 2.45) is 5.41 Å². The Balaban J connectivity index is 1.24. The van der Waals surface area contributed by atoms with Crippen molar-refractivity contribution in [3.63, 3.8) is 0 Å². The molecule has 0 radical (unpaired) electrons. The van der Waals surface area contributed by atoms with E-state index in [4.69, 9.17) is 4.74 Å². The van der Waals surface area contributed by atoms with Crippen molar-refractivity contribution in [2.75, 3.05) is 11.9 Å². The summed E-state index contributed by atoms with van der Waals surface area (Å²) < 4.78 is 46.8. The Bertz CT molecular complexity index is 2150. The van der Waals surface area contributed by atoms with Crippen molar-refractivity contribution in [1.29, 1.82) is 0 Å². The van der Waals surface area contributed by atoms with Crippen molar-refractivity contribution in [3.8, 4) is 16.2 Å². The standard InChI is InChI=1S/C36H35F2N4O7PS2/c1-35(2,3)30(40-32(44)28-17-22-16-23(14-15-27(22)51-28)36(37,38)50(46,47)48)33(45)42-20-25(49-24-12-8-5-9-13-24)18-26(42)31(43)41-34-39-19-29(52-34)21-10-6-4-7-11-21/h4-17,19,25-26,30H,18,20H2,1-3H3,(H,40,44)(H,39,41,43)(H2,46,47,48)/t25-,26+,30-/m1/s1. The van der Waals surface area contributed by atoms with Crippen molar-refractivity contribution >= 4 is 63.2 Å². The summed E-state index contributed by atoms with van der Waals surface area (Å²) in [7, 11) is -5.80. The van der Waals surface area contributed by atoms with Crippen molar-refractivity contribution in [3.05, 3.63) is 102 Å². The van der Waals surface area contributed by atoms with Gasteiger partial charge in [0.25, 0.3) is 5.91 Å². The zero-order valence-electron chi connectivity index (χ0n) is 28.2. The summed E-state index contributed by atoms with van der Waals surface area (Å²) in [5, 5.41) is 6.19. The molecule has 0 unspecified atom stereocenters. The first-order valence-corrected chi connectivity index (χ1v) is 19.4. The van der Waals surface area contributed by atoms with Gasteiger partial charge in [-0.25, -0.2) is 4.98 Å². The van der Waals surface area contributed by atoms with Gasteiger partial charge in [-0.2, -0.15) is 8.78 Å². The lowest BCUT2D eigenvalue weighted by atomic mass is 9.85. The third-order valence-electron chi connectivity index (χ3n) is 8.53. The van der Waals surface area contributed by atoms with E-state index in [0.29, 0.717) is 15.6 Å². The highest BCUT2D eigenvalue weighted by Crippen LogP contribution is 2.59. The van der Waals surface area contributed by atoms with Gasteiger partial charge in [0, 0.05) is 22.9 Å². The highest BCUT2D eigenvalue weighted by atomic mass is 32.1. The summed E-state index contributed by atoms with van der Waals surface area (Å²) in [5.41, 5.74) is -5.21. The molecule has 0 saturated carbocycles. The number of nitrogens with one attached hydrogen (secondary N) is 2. The maximum atomic E-state index is 14.4. The number of carbonyl (C=O) groups excluding carboxylic acids is 3. The van der Waals surface area contributed by atoms with Crippen LogP contribution in [-0.4, -0.2) is 62.1 Å². The molecule has 52 heavy (non-hydrogen) atoms. The van der Waals surface area contributed by atoms with Gasteiger partial charge >= 0.3 is 13.3 Å². The van der Waals surface area contributed by atoms with Crippen LogP contribution in [0.5, 0.6) is 5.75 Å². The minimum atomic E-state index is -5.80. The Kier molecular flexibility index (Phi) is 10.4. The Labute approximate surface area is 305 Å². The number of hydrogen-bond acceptors (Lipinski definition) is 8. The van der Waals surface area contributed by atoms with Crippen molar-refractivity contribution < 1.29 is 42.3 Å². The second kappa shape index (κ2) is 14.5. The monoisotopic (exact) mass is 768 g/mol. The van der Waals surface area contributed by atoms with Crippen LogP contribution in [0.4, 0.5) is 13.9 Å². The van der Waals surface area contributed by atoms with Crippen LogP contribution in [0.1, 0.15) is 42.4 Å². The van der Waals surface area contributed by atoms with E-state index in [9.17, 15) is 37.5 Å². The maximum Gasteiger partial charge on any atom is 0.399 e. The van der Waals surface area contributed by atoms with Gasteiger partial charge < -0.3 is 30.1 Å². The number of carbonyl (C=O) groups is 3. The summed E-state index contributed by atoms with van der Waals surface area (Å²) in [6.07, 6.45) is 1.29. The lowest BCUT2D eigenvalue weighted by molar-refractivity contribution is -0.140. The molecule has 3 amide bonds. The summed E-state index contributed by atoms with van der Waals surface area (Å²) in [5.74, 6) is -1.08. The Hall–Kier alpha value is -4.53. The molecule has 6 rings (SSSR count). The molecule has 1 aliphatic heterocycles. The molecule has 3 atom stereocenters. The molecule has 272 valence electrons. The quantitative estimate of drug-likeness (QED) is 0.110. The Morgan fingerprint density at radius 2 is 1.65 bits per heavy atom. The normalized spacial score (nSPS) is 17.2. The fraction of sp³-hybridized carbons (Fsp3) is 0.278. The van der Waals surface area contributed by atoms with E-state index in [2.05, 4.69) is 15.6 Å². The van der Waals surface area contributed by atoms with E-state index in [1.54, 1.807) is 39.1 Å². The minimum absolute atomic E-state index is 0.0564. The largest absolute Gasteiger partial charge is 0.488 e. The molecule has 1 fully saturated rings. The molecule has 1 aliphatic rings. The van der Waals surface area contributed by atoms with Gasteiger partial charge in [-0.05, 0) is 46.7 Å². The number of ether oxygens (including phenoxy) is 1. The first-order chi connectivity index (χ1) is 24.5. The van der Waals surface area contributed by atoms with Crippen LogP contribution in [0.15, 0.2) is 91.1 Å². The van der Waals surface area contributed by atoms with Gasteiger partial charge in [-0.3, -0.25) is 18.9 Å². The predicted molar refractivity (Wildman–Crippen MR) is 196 cm³/mol. The van der Waals surface area contributed by atoms with Crippen molar-refractivity contribution in [1.82, 2.24) is 15.2 Å². The number of para-hydroxylation sites is 1. The number of benzene rings is 3. The second-order valence-electron chi connectivity index (χ2n) is 13.4. The van der Waals surface area contributed by atoms with E-state index in [0.717, 1.165) is 33.9 Å². The van der Waals surface area contributed by atoms with Gasteiger partial charge in [-0.1, -0.05) is 86.7 Å². The first kappa shape index (κ1) is 37.2. The molecular weight excluding hydrogens is 734 g/mol. The zero-order chi connectivity index (χ0) is 37.4. The second-order valence-corrected chi connectivity index (χ2v) is 17.2. The third-order valence-corrected chi connectivity index (χ3v) is 11.6. The molecule has 3 heterocycles. The molecule has 1 saturated heterocycles. The number of alkyl halides is 2. The summed E-state index contributed by atoms with van der Waals surface area (Å²) in [6.45, 7) is 5.35. The summed E-state index contributed by atoms with van der Waals surface area (Å²) in [6, 6.07) is 20.9. The number of thiazole rings is 1. The van der Waals surface area contributed by atoms with Crippen LogP contribution in [0.3, 0.4) is 0 Å². The molecule has 3 aromatic carbocycles. The van der Waals surface area contributed by atoms with E-state index in [-0.39, 0.29) is 23.2 Å².